The molecule has 7 heteroatoms. The van der Waals surface area contributed by atoms with Gasteiger partial charge in [-0.15, -0.1) is 17.9 Å². The smallest absolute Gasteiger partial charge is 0.263 e. The van der Waals surface area contributed by atoms with Gasteiger partial charge in [0.2, 0.25) is 0 Å². The zero-order valence-corrected chi connectivity index (χ0v) is 19.5. The van der Waals surface area contributed by atoms with Crippen molar-refractivity contribution in [3.8, 4) is 5.75 Å². The van der Waals surface area contributed by atoms with Gasteiger partial charge in [0.15, 0.2) is 5.16 Å². The molecule has 0 bridgehead atoms. The minimum absolute atomic E-state index is 0.0679. The molecule has 1 aliphatic carbocycles. The van der Waals surface area contributed by atoms with Crippen molar-refractivity contribution in [2.75, 3.05) is 12.4 Å². The van der Waals surface area contributed by atoms with Gasteiger partial charge in [0.1, 0.15) is 10.6 Å². The van der Waals surface area contributed by atoms with Crippen LogP contribution in [0.5, 0.6) is 5.75 Å². The number of hydrogen-bond acceptors (Lipinski definition) is 5. The van der Waals surface area contributed by atoms with E-state index in [0.29, 0.717) is 24.8 Å². The number of ether oxygens (including phenoxy) is 1. The molecule has 1 aliphatic rings. The quantitative estimate of drug-likeness (QED) is 0.184. The Kier molecular flexibility index (Phi) is 6.47. The molecule has 0 fully saturated rings. The summed E-state index contributed by atoms with van der Waals surface area (Å²) in [5.41, 5.74) is 1.30. The van der Waals surface area contributed by atoms with E-state index in [2.05, 4.69) is 29.4 Å². The molecular weight excluding hydrogens is 468 g/mol. The van der Waals surface area contributed by atoms with Crippen LogP contribution < -0.4 is 10.3 Å². The first kappa shape index (κ1) is 20.7. The van der Waals surface area contributed by atoms with Crippen molar-refractivity contribution < 1.29 is 4.74 Å². The molecule has 4 rings (SSSR count). The number of thioether (sulfide) groups is 1. The highest BCUT2D eigenvalue weighted by Gasteiger charge is 2.24. The van der Waals surface area contributed by atoms with Crippen LogP contribution in [0.2, 0.25) is 0 Å². The summed E-state index contributed by atoms with van der Waals surface area (Å²) in [4.78, 5) is 20.4. The molecule has 0 aliphatic heterocycles. The summed E-state index contributed by atoms with van der Waals surface area (Å²) in [5, 5.41) is 1.57. The van der Waals surface area contributed by atoms with Crippen molar-refractivity contribution >= 4 is 49.2 Å². The van der Waals surface area contributed by atoms with Crippen molar-refractivity contribution in [3.05, 3.63) is 62.2 Å². The van der Waals surface area contributed by atoms with Crippen LogP contribution in [0.4, 0.5) is 0 Å². The Morgan fingerprint density at radius 2 is 2.21 bits per heavy atom. The second-order valence-electron chi connectivity index (χ2n) is 7.28. The van der Waals surface area contributed by atoms with E-state index in [-0.39, 0.29) is 5.56 Å². The van der Waals surface area contributed by atoms with Crippen LogP contribution in [0.1, 0.15) is 23.8 Å². The lowest BCUT2D eigenvalue weighted by molar-refractivity contribution is 0.343. The topological polar surface area (TPSA) is 44.1 Å². The number of allylic oxidation sites excluding steroid dienone is 1. The van der Waals surface area contributed by atoms with E-state index in [1.807, 2.05) is 24.3 Å². The average molecular weight is 491 g/mol. The molecule has 0 saturated heterocycles. The molecule has 4 nitrogen and oxygen atoms in total. The highest BCUT2D eigenvalue weighted by molar-refractivity contribution is 9.10. The summed E-state index contributed by atoms with van der Waals surface area (Å²) in [5.74, 6) is 2.23. The molecule has 0 saturated carbocycles. The van der Waals surface area contributed by atoms with E-state index in [4.69, 9.17) is 9.72 Å². The van der Waals surface area contributed by atoms with Gasteiger partial charge in [0.05, 0.1) is 12.0 Å². The zero-order valence-electron chi connectivity index (χ0n) is 16.3. The standard InChI is InChI=1S/C22H23BrN2O2S2/c1-3-10-25-21(26)19-17-9-4-14(2)13-18(17)29-20(19)24-22(25)28-12-11-27-16-7-5-15(23)6-8-16/h3,5-8,14H,1,4,9-13H2,2H3. The number of halogens is 1. The average Bonchev–Trinajstić information content (AvgIpc) is 3.06. The SMILES string of the molecule is C=CCn1c(SCCOc2ccc(Br)cc2)nc2sc3c(c2c1=O)CCC(C)C3. The minimum atomic E-state index is 0.0679. The molecule has 152 valence electrons. The lowest BCUT2D eigenvalue weighted by Crippen LogP contribution is -2.23. The Hall–Kier alpha value is -1.57. The van der Waals surface area contributed by atoms with Gasteiger partial charge in [-0.2, -0.15) is 0 Å². The number of benzene rings is 1. The van der Waals surface area contributed by atoms with E-state index in [0.717, 1.165) is 44.9 Å². The fourth-order valence-electron chi connectivity index (χ4n) is 3.63. The first-order valence-corrected chi connectivity index (χ1v) is 12.3. The summed E-state index contributed by atoms with van der Waals surface area (Å²) in [7, 11) is 0. The minimum Gasteiger partial charge on any atom is -0.493 e. The number of aryl methyl sites for hydroxylation is 1. The molecule has 29 heavy (non-hydrogen) atoms. The molecule has 0 amide bonds. The third-order valence-electron chi connectivity index (χ3n) is 5.09. The summed E-state index contributed by atoms with van der Waals surface area (Å²) in [6.45, 7) is 7.12. The lowest BCUT2D eigenvalue weighted by Gasteiger charge is -2.17. The van der Waals surface area contributed by atoms with Crippen molar-refractivity contribution in [2.24, 2.45) is 5.92 Å². The Balaban J connectivity index is 1.56. The third kappa shape index (κ3) is 4.47. The van der Waals surface area contributed by atoms with Gasteiger partial charge in [-0.1, -0.05) is 40.7 Å². The summed E-state index contributed by atoms with van der Waals surface area (Å²) in [6.07, 6.45) is 4.94. The monoisotopic (exact) mass is 490 g/mol. The molecule has 1 unspecified atom stereocenters. The van der Waals surface area contributed by atoms with Crippen molar-refractivity contribution in [1.29, 1.82) is 0 Å². The van der Waals surface area contributed by atoms with Crippen molar-refractivity contribution in [2.45, 2.75) is 37.9 Å². The summed E-state index contributed by atoms with van der Waals surface area (Å²) < 4.78 is 8.58. The molecule has 0 spiro atoms. The van der Waals surface area contributed by atoms with Crippen LogP contribution in [-0.2, 0) is 19.4 Å². The fourth-order valence-corrected chi connectivity index (χ4v) is 6.14. The number of thiophene rings is 1. The van der Waals surface area contributed by atoms with E-state index in [1.165, 1.54) is 10.4 Å². The Morgan fingerprint density at radius 3 is 2.97 bits per heavy atom. The first-order valence-electron chi connectivity index (χ1n) is 9.74. The summed E-state index contributed by atoms with van der Waals surface area (Å²) >= 11 is 6.68. The van der Waals surface area contributed by atoms with Gasteiger partial charge in [0.25, 0.3) is 5.56 Å². The van der Waals surface area contributed by atoms with E-state index < -0.39 is 0 Å². The maximum atomic E-state index is 13.3. The van der Waals surface area contributed by atoms with E-state index >= 15 is 0 Å². The number of aromatic nitrogens is 2. The zero-order chi connectivity index (χ0) is 20.4. The predicted molar refractivity (Wildman–Crippen MR) is 126 cm³/mol. The maximum absolute atomic E-state index is 13.3. The van der Waals surface area contributed by atoms with Crippen LogP contribution in [-0.4, -0.2) is 21.9 Å². The van der Waals surface area contributed by atoms with E-state index in [9.17, 15) is 4.79 Å². The lowest BCUT2D eigenvalue weighted by atomic mass is 9.89. The molecular formula is C22H23BrN2O2S2. The Labute approximate surface area is 187 Å². The number of hydrogen-bond donors (Lipinski definition) is 0. The van der Waals surface area contributed by atoms with Crippen LogP contribution in [0.3, 0.4) is 0 Å². The van der Waals surface area contributed by atoms with Gasteiger partial charge in [0, 0.05) is 21.6 Å². The highest BCUT2D eigenvalue weighted by atomic mass is 79.9. The Bertz CT molecular complexity index is 1090. The van der Waals surface area contributed by atoms with Gasteiger partial charge in [-0.3, -0.25) is 9.36 Å². The number of fused-ring (bicyclic) bond motifs is 3. The van der Waals surface area contributed by atoms with Crippen LogP contribution in [0.15, 0.2) is 51.3 Å². The maximum Gasteiger partial charge on any atom is 0.263 e. The fraction of sp³-hybridized carbons (Fsp3) is 0.364. The predicted octanol–water partition coefficient (Wildman–Crippen LogP) is 5.70. The van der Waals surface area contributed by atoms with Crippen LogP contribution in [0.25, 0.3) is 10.2 Å². The Morgan fingerprint density at radius 1 is 1.41 bits per heavy atom. The highest BCUT2D eigenvalue weighted by Crippen LogP contribution is 2.36. The summed E-state index contributed by atoms with van der Waals surface area (Å²) in [6, 6.07) is 7.78. The normalized spacial score (nSPS) is 16.0. The largest absolute Gasteiger partial charge is 0.493 e. The molecule has 2 heterocycles. The molecule has 3 aromatic rings. The van der Waals surface area contributed by atoms with Gasteiger partial charge in [-0.05, 0) is 55.0 Å². The van der Waals surface area contributed by atoms with Crippen LogP contribution >= 0.6 is 39.0 Å². The van der Waals surface area contributed by atoms with Gasteiger partial charge >= 0.3 is 0 Å². The molecule has 0 N–H and O–H groups in total. The molecule has 1 aromatic carbocycles. The second kappa shape index (κ2) is 9.06. The number of nitrogens with zero attached hydrogens (tertiary/aromatic N) is 2. The molecule has 0 radical (unpaired) electrons. The second-order valence-corrected chi connectivity index (χ2v) is 10.3. The first-order chi connectivity index (χ1) is 14.1. The molecule has 1 atom stereocenters. The van der Waals surface area contributed by atoms with Crippen molar-refractivity contribution in [3.63, 3.8) is 0 Å². The van der Waals surface area contributed by atoms with Gasteiger partial charge < -0.3 is 4.74 Å². The van der Waals surface area contributed by atoms with Crippen LogP contribution in [0, 0.1) is 5.92 Å². The van der Waals surface area contributed by atoms with Crippen molar-refractivity contribution in [1.82, 2.24) is 9.55 Å². The van der Waals surface area contributed by atoms with E-state index in [1.54, 1.807) is 33.7 Å². The molecule has 2 aromatic heterocycles. The third-order valence-corrected chi connectivity index (χ3v) is 7.71. The number of rotatable bonds is 7. The van der Waals surface area contributed by atoms with Gasteiger partial charge in [-0.25, -0.2) is 4.98 Å².